The van der Waals surface area contributed by atoms with Crippen LogP contribution in [0.5, 0.6) is 0 Å². The van der Waals surface area contributed by atoms with Gasteiger partial charge in [0.15, 0.2) is 0 Å². The second kappa shape index (κ2) is 8.14. The van der Waals surface area contributed by atoms with E-state index in [-0.39, 0.29) is 11.4 Å². The van der Waals surface area contributed by atoms with E-state index in [1.807, 2.05) is 0 Å². The molecule has 0 aliphatic heterocycles. The highest BCUT2D eigenvalue weighted by Gasteiger charge is 2.27. The summed E-state index contributed by atoms with van der Waals surface area (Å²) >= 11 is 0. The fourth-order valence-corrected chi connectivity index (χ4v) is 4.27. The van der Waals surface area contributed by atoms with E-state index in [1.54, 1.807) is 48.5 Å². The number of carbonyl (C=O) groups excluding carboxylic acids is 1. The van der Waals surface area contributed by atoms with Crippen LogP contribution in [0.4, 0.5) is 5.69 Å². The van der Waals surface area contributed by atoms with Crippen molar-refractivity contribution in [2.45, 2.75) is 30.6 Å². The molecule has 1 aliphatic carbocycles. The van der Waals surface area contributed by atoms with Gasteiger partial charge in [-0.3, -0.25) is 9.10 Å². The summed E-state index contributed by atoms with van der Waals surface area (Å²) in [4.78, 5) is 12.5. The lowest BCUT2D eigenvalue weighted by molar-refractivity contribution is -0.119. The van der Waals surface area contributed by atoms with Gasteiger partial charge in [0.1, 0.15) is 6.54 Å². The van der Waals surface area contributed by atoms with Gasteiger partial charge >= 0.3 is 0 Å². The Morgan fingerprint density at radius 1 is 0.962 bits per heavy atom. The van der Waals surface area contributed by atoms with Gasteiger partial charge in [0.25, 0.3) is 15.9 Å². The molecule has 0 heterocycles. The van der Waals surface area contributed by atoms with Crippen molar-refractivity contribution in [2.75, 3.05) is 10.8 Å². The van der Waals surface area contributed by atoms with Crippen LogP contribution < -0.4 is 9.73 Å². The van der Waals surface area contributed by atoms with Crippen molar-refractivity contribution in [3.8, 4) is 0 Å². The number of para-hydroxylation sites is 1. The molecule has 26 heavy (non-hydrogen) atoms. The maximum atomic E-state index is 13.0. The predicted molar refractivity (Wildman–Crippen MR) is 101 cm³/mol. The average molecular weight is 371 g/mol. The standard InChI is InChI=1S/C19H21N3O3S/c23-19(21-20-16-9-7-8-10-16)15-22(17-11-3-1-4-12-17)26(24,25)18-13-5-2-6-14-18/h1-6,11-14H,7-10,15H2,(H,21,23). The Balaban J connectivity index is 1.84. The normalized spacial score (nSPS) is 14.1. The average Bonchev–Trinajstić information content (AvgIpc) is 3.19. The zero-order chi connectivity index (χ0) is 18.4. The molecule has 1 amide bonds. The first-order valence-corrected chi connectivity index (χ1v) is 9.98. The van der Waals surface area contributed by atoms with Crippen molar-refractivity contribution in [1.82, 2.24) is 5.43 Å². The third-order valence-corrected chi connectivity index (χ3v) is 5.97. The van der Waals surface area contributed by atoms with E-state index >= 15 is 0 Å². The van der Waals surface area contributed by atoms with Gasteiger partial charge < -0.3 is 0 Å². The maximum absolute atomic E-state index is 13.0. The predicted octanol–water partition coefficient (Wildman–Crippen LogP) is 2.93. The number of carbonyl (C=O) groups is 1. The third-order valence-electron chi connectivity index (χ3n) is 4.18. The molecule has 7 heteroatoms. The number of nitrogens with one attached hydrogen (secondary N) is 1. The molecule has 0 saturated heterocycles. The number of rotatable bonds is 6. The summed E-state index contributed by atoms with van der Waals surface area (Å²) in [6.07, 6.45) is 3.91. The Labute approximate surface area is 153 Å². The lowest BCUT2D eigenvalue weighted by atomic mass is 10.3. The van der Waals surface area contributed by atoms with Crippen LogP contribution in [-0.4, -0.2) is 26.6 Å². The van der Waals surface area contributed by atoms with Crippen molar-refractivity contribution in [1.29, 1.82) is 0 Å². The number of hydrogen-bond donors (Lipinski definition) is 1. The summed E-state index contributed by atoms with van der Waals surface area (Å²) in [5, 5.41) is 4.12. The zero-order valence-corrected chi connectivity index (χ0v) is 15.2. The van der Waals surface area contributed by atoms with Gasteiger partial charge in [-0.25, -0.2) is 13.8 Å². The highest BCUT2D eigenvalue weighted by molar-refractivity contribution is 7.92. The molecule has 0 atom stereocenters. The number of hydrazone groups is 1. The van der Waals surface area contributed by atoms with E-state index in [0.29, 0.717) is 5.69 Å². The summed E-state index contributed by atoms with van der Waals surface area (Å²) in [6.45, 7) is -0.335. The Kier molecular flexibility index (Phi) is 5.68. The highest BCUT2D eigenvalue weighted by Crippen LogP contribution is 2.23. The van der Waals surface area contributed by atoms with E-state index in [2.05, 4.69) is 10.5 Å². The van der Waals surface area contributed by atoms with Crippen molar-refractivity contribution in [3.63, 3.8) is 0 Å². The number of amides is 1. The molecule has 0 unspecified atom stereocenters. The molecule has 2 aromatic carbocycles. The maximum Gasteiger partial charge on any atom is 0.264 e. The quantitative estimate of drug-likeness (QED) is 0.793. The van der Waals surface area contributed by atoms with Crippen LogP contribution in [0, 0.1) is 0 Å². The van der Waals surface area contributed by atoms with Crippen LogP contribution in [0.3, 0.4) is 0 Å². The van der Waals surface area contributed by atoms with Gasteiger partial charge in [-0.1, -0.05) is 36.4 Å². The molecule has 1 N–H and O–H groups in total. The summed E-state index contributed by atoms with van der Waals surface area (Å²) in [5.41, 5.74) is 3.88. The molecule has 2 aromatic rings. The van der Waals surface area contributed by atoms with E-state index in [9.17, 15) is 13.2 Å². The van der Waals surface area contributed by atoms with E-state index in [1.165, 1.54) is 12.1 Å². The molecule has 0 aromatic heterocycles. The first kappa shape index (κ1) is 18.1. The zero-order valence-electron chi connectivity index (χ0n) is 14.3. The Morgan fingerprint density at radius 3 is 2.15 bits per heavy atom. The van der Waals surface area contributed by atoms with Crippen molar-refractivity contribution < 1.29 is 13.2 Å². The molecular weight excluding hydrogens is 350 g/mol. The number of hydrogen-bond acceptors (Lipinski definition) is 4. The minimum absolute atomic E-state index is 0.138. The SMILES string of the molecule is O=C(CN(c1ccccc1)S(=O)(=O)c1ccccc1)NN=C1CCCC1. The first-order valence-electron chi connectivity index (χ1n) is 8.54. The van der Waals surface area contributed by atoms with Gasteiger partial charge in [-0.15, -0.1) is 0 Å². The van der Waals surface area contributed by atoms with E-state index in [0.717, 1.165) is 35.7 Å². The molecule has 0 bridgehead atoms. The molecule has 1 saturated carbocycles. The summed E-state index contributed by atoms with van der Waals surface area (Å²) < 4.78 is 27.2. The van der Waals surface area contributed by atoms with Gasteiger partial charge in [-0.05, 0) is 49.9 Å². The second-order valence-electron chi connectivity index (χ2n) is 6.08. The Bertz CT molecular complexity index is 873. The monoisotopic (exact) mass is 371 g/mol. The Morgan fingerprint density at radius 2 is 1.54 bits per heavy atom. The van der Waals surface area contributed by atoms with Gasteiger partial charge in [0.2, 0.25) is 0 Å². The van der Waals surface area contributed by atoms with E-state index < -0.39 is 15.9 Å². The van der Waals surface area contributed by atoms with Crippen molar-refractivity contribution in [2.24, 2.45) is 5.10 Å². The summed E-state index contributed by atoms with van der Waals surface area (Å²) in [5.74, 6) is -0.465. The summed E-state index contributed by atoms with van der Waals surface area (Å²) in [7, 11) is -3.86. The molecule has 1 aliphatic rings. The molecule has 1 fully saturated rings. The van der Waals surface area contributed by atoms with E-state index in [4.69, 9.17) is 0 Å². The van der Waals surface area contributed by atoms with Gasteiger partial charge in [-0.2, -0.15) is 5.10 Å². The summed E-state index contributed by atoms with van der Waals surface area (Å²) in [6, 6.07) is 16.7. The molecular formula is C19H21N3O3S. The molecule has 6 nitrogen and oxygen atoms in total. The third kappa shape index (κ3) is 4.29. The largest absolute Gasteiger partial charge is 0.271 e. The van der Waals surface area contributed by atoms with Crippen LogP contribution in [0.25, 0.3) is 0 Å². The minimum Gasteiger partial charge on any atom is -0.271 e. The molecule has 136 valence electrons. The number of benzene rings is 2. The topological polar surface area (TPSA) is 78.8 Å². The smallest absolute Gasteiger partial charge is 0.264 e. The second-order valence-corrected chi connectivity index (χ2v) is 7.94. The fourth-order valence-electron chi connectivity index (χ4n) is 2.83. The molecule has 0 spiro atoms. The van der Waals surface area contributed by atoms with Crippen molar-refractivity contribution in [3.05, 3.63) is 60.7 Å². The molecule has 3 rings (SSSR count). The van der Waals surface area contributed by atoms with Crippen LogP contribution in [-0.2, 0) is 14.8 Å². The minimum atomic E-state index is -3.86. The van der Waals surface area contributed by atoms with Gasteiger partial charge in [0, 0.05) is 5.71 Å². The first-order chi connectivity index (χ1) is 12.6. The fraction of sp³-hybridized carbons (Fsp3) is 0.263. The number of sulfonamides is 1. The van der Waals surface area contributed by atoms with Crippen LogP contribution in [0.2, 0.25) is 0 Å². The van der Waals surface area contributed by atoms with Crippen LogP contribution >= 0.6 is 0 Å². The Hall–Kier alpha value is -2.67. The number of nitrogens with zero attached hydrogens (tertiary/aromatic N) is 2. The van der Waals surface area contributed by atoms with Gasteiger partial charge in [0.05, 0.1) is 10.6 Å². The van der Waals surface area contributed by atoms with Crippen LogP contribution in [0.1, 0.15) is 25.7 Å². The number of anilines is 1. The lowest BCUT2D eigenvalue weighted by Gasteiger charge is -2.23. The lowest BCUT2D eigenvalue weighted by Crippen LogP contribution is -2.39. The van der Waals surface area contributed by atoms with Crippen molar-refractivity contribution >= 4 is 27.3 Å². The highest BCUT2D eigenvalue weighted by atomic mass is 32.2. The molecule has 0 radical (unpaired) electrons. The van der Waals surface area contributed by atoms with Crippen LogP contribution in [0.15, 0.2) is 70.7 Å².